The molecule has 1 aromatic carbocycles. The third-order valence-corrected chi connectivity index (χ3v) is 12.7. The highest BCUT2D eigenvalue weighted by molar-refractivity contribution is 7.90. The number of hydrogen-bond acceptors (Lipinski definition) is 13. The van der Waals surface area contributed by atoms with Crippen LogP contribution in [0.5, 0.6) is 11.5 Å². The molecule has 0 bridgehead atoms. The molecule has 0 unspecified atom stereocenters. The average molecular weight is 761 g/mol. The zero-order chi connectivity index (χ0) is 37.3. The monoisotopic (exact) mass is 760 g/mol. The molecule has 3 saturated heterocycles. The Bertz CT molecular complexity index is 2120. The highest BCUT2D eigenvalue weighted by atomic mass is 32.2. The third-order valence-electron chi connectivity index (χ3n) is 11.4. The number of piperidine rings is 1. The second-order valence-electron chi connectivity index (χ2n) is 14.7. The van der Waals surface area contributed by atoms with Gasteiger partial charge in [0.05, 0.1) is 36.1 Å². The third kappa shape index (κ3) is 7.71. The van der Waals surface area contributed by atoms with Crippen LogP contribution in [0.25, 0.3) is 11.0 Å². The molecule has 4 fully saturated rings. The van der Waals surface area contributed by atoms with Crippen LogP contribution >= 0.6 is 0 Å². The average Bonchev–Trinajstić information content (AvgIpc) is 3.65. The van der Waals surface area contributed by atoms with Gasteiger partial charge in [0.2, 0.25) is 5.82 Å². The van der Waals surface area contributed by atoms with Crippen molar-refractivity contribution in [2.45, 2.75) is 49.5 Å². The predicted molar refractivity (Wildman–Crippen MR) is 199 cm³/mol. The van der Waals surface area contributed by atoms with Gasteiger partial charge in [-0.2, -0.15) is 0 Å². The Balaban J connectivity index is 0.997. The topological polar surface area (TPSA) is 194 Å². The first-order valence-electron chi connectivity index (χ1n) is 18.5. The number of nitrogens with one attached hydrogen (secondary N) is 3. The van der Waals surface area contributed by atoms with Crippen molar-refractivity contribution in [1.82, 2.24) is 24.6 Å². The van der Waals surface area contributed by atoms with Crippen LogP contribution in [-0.2, 0) is 19.5 Å². The Labute approximate surface area is 312 Å². The molecule has 1 saturated carbocycles. The number of sulfonamides is 1. The first kappa shape index (κ1) is 36.2. The summed E-state index contributed by atoms with van der Waals surface area (Å²) in [5.74, 6) is -0.258. The zero-order valence-corrected chi connectivity index (χ0v) is 30.7. The van der Waals surface area contributed by atoms with Crippen LogP contribution in [0.2, 0.25) is 0 Å². The highest BCUT2D eigenvalue weighted by Crippen LogP contribution is 2.51. The molecule has 3 aromatic heterocycles. The largest absolute Gasteiger partial charge is 0.455 e. The van der Waals surface area contributed by atoms with Crippen LogP contribution < -0.4 is 19.7 Å². The number of amides is 1. The number of carbonyl (C=O) groups excluding carboxylic acids is 1. The van der Waals surface area contributed by atoms with Gasteiger partial charge in [0, 0.05) is 81.4 Å². The van der Waals surface area contributed by atoms with E-state index < -0.39 is 31.4 Å². The summed E-state index contributed by atoms with van der Waals surface area (Å²) in [5.41, 5.74) is 1.31. The van der Waals surface area contributed by atoms with Gasteiger partial charge in [-0.1, -0.05) is 0 Å². The Morgan fingerprint density at radius 2 is 1.76 bits per heavy atom. The lowest BCUT2D eigenvalue weighted by Gasteiger charge is -2.56. The number of fused-ring (bicyclic) bond motifs is 1. The predicted octanol–water partition coefficient (Wildman–Crippen LogP) is 4.70. The molecule has 1 aliphatic carbocycles. The van der Waals surface area contributed by atoms with Gasteiger partial charge in [0.15, 0.2) is 0 Å². The fraction of sp³-hybridized carbons (Fsp3) is 0.486. The summed E-state index contributed by atoms with van der Waals surface area (Å²) in [4.78, 5) is 40.9. The number of anilines is 2. The normalized spacial score (nSPS) is 19.7. The van der Waals surface area contributed by atoms with Gasteiger partial charge in [0.25, 0.3) is 15.9 Å². The van der Waals surface area contributed by atoms with E-state index in [4.69, 9.17) is 14.2 Å². The molecule has 16 nitrogen and oxygen atoms in total. The number of hydrogen-bond donors (Lipinski definition) is 3. The van der Waals surface area contributed by atoms with Crippen LogP contribution in [0.3, 0.4) is 0 Å². The van der Waals surface area contributed by atoms with Crippen molar-refractivity contribution in [1.29, 1.82) is 0 Å². The first-order valence-corrected chi connectivity index (χ1v) is 20.0. The molecule has 4 aliphatic rings. The minimum atomic E-state index is -4.58. The van der Waals surface area contributed by atoms with E-state index in [1.54, 1.807) is 30.5 Å². The molecule has 0 radical (unpaired) electrons. The van der Waals surface area contributed by atoms with Crippen LogP contribution in [0, 0.1) is 21.4 Å². The Morgan fingerprint density at radius 3 is 2.52 bits per heavy atom. The molecule has 286 valence electrons. The Morgan fingerprint density at radius 1 is 1.00 bits per heavy atom. The van der Waals surface area contributed by atoms with E-state index in [-0.39, 0.29) is 23.0 Å². The number of carbonyl (C=O) groups is 1. The van der Waals surface area contributed by atoms with E-state index in [9.17, 15) is 23.3 Å². The molecular weight excluding hydrogens is 717 g/mol. The molecule has 8 rings (SSSR count). The summed E-state index contributed by atoms with van der Waals surface area (Å²) < 4.78 is 46.3. The lowest BCUT2D eigenvalue weighted by atomic mass is 9.60. The summed E-state index contributed by atoms with van der Waals surface area (Å²) >= 11 is 0. The second kappa shape index (κ2) is 15.1. The molecular formula is C37H44N8O8S. The van der Waals surface area contributed by atoms with Crippen molar-refractivity contribution in [2.75, 3.05) is 69.4 Å². The molecule has 4 aromatic rings. The van der Waals surface area contributed by atoms with Crippen LogP contribution in [0.4, 0.5) is 17.2 Å². The van der Waals surface area contributed by atoms with E-state index in [2.05, 4.69) is 34.8 Å². The quantitative estimate of drug-likeness (QED) is 0.141. The molecule has 0 atom stereocenters. The number of benzene rings is 1. The molecule has 54 heavy (non-hydrogen) atoms. The van der Waals surface area contributed by atoms with Crippen molar-refractivity contribution in [3.63, 3.8) is 0 Å². The molecule has 3 N–H and O–H groups in total. The Hall–Kier alpha value is -4.84. The standard InChI is InChI=1S/C37H44N8O8S/c46-36(42-54(49,50)30-19-32(45(47)48)35(41-24-30)39-22-25-4-13-51-14-5-25)31-2-1-27(18-33(31)53-29-17-26-3-8-38-34(26)40-23-29)43-9-6-37(7-10-43)20-28(21-37)44-11-15-52-16-12-44/h1-3,8,17-19,23-25,28H,4-7,9-16,20-22H2,(H,38,40)(H,39,41)(H,42,46). The van der Waals surface area contributed by atoms with Gasteiger partial charge in [-0.05, 0) is 74.1 Å². The number of nitro groups is 1. The van der Waals surface area contributed by atoms with E-state index in [1.165, 1.54) is 19.0 Å². The maximum Gasteiger partial charge on any atom is 0.312 e. The fourth-order valence-corrected chi connectivity index (χ4v) is 9.08. The number of aromatic amines is 1. The van der Waals surface area contributed by atoms with E-state index in [0.29, 0.717) is 42.6 Å². The molecule has 17 heteroatoms. The first-order chi connectivity index (χ1) is 26.1. The number of H-pyrrole nitrogens is 1. The van der Waals surface area contributed by atoms with Gasteiger partial charge < -0.3 is 29.4 Å². The van der Waals surface area contributed by atoms with Crippen LogP contribution in [0.15, 0.2) is 59.9 Å². The van der Waals surface area contributed by atoms with Gasteiger partial charge in [-0.3, -0.25) is 19.8 Å². The lowest BCUT2D eigenvalue weighted by molar-refractivity contribution is -0.384. The molecule has 1 amide bonds. The summed E-state index contributed by atoms with van der Waals surface area (Å²) in [6.45, 7) is 6.96. The summed E-state index contributed by atoms with van der Waals surface area (Å²) in [6.07, 6.45) is 10.4. The van der Waals surface area contributed by atoms with Crippen molar-refractivity contribution in [3.05, 3.63) is 70.7 Å². The fourth-order valence-electron chi connectivity index (χ4n) is 8.15. The number of nitrogens with zero attached hydrogens (tertiary/aromatic N) is 5. The van der Waals surface area contributed by atoms with Gasteiger partial charge >= 0.3 is 5.69 Å². The van der Waals surface area contributed by atoms with E-state index in [0.717, 1.165) is 88.4 Å². The van der Waals surface area contributed by atoms with Crippen molar-refractivity contribution >= 4 is 44.2 Å². The number of rotatable bonds is 11. The van der Waals surface area contributed by atoms with Crippen LogP contribution in [-0.4, -0.2) is 104 Å². The maximum absolute atomic E-state index is 13.8. The lowest BCUT2D eigenvalue weighted by Crippen LogP contribution is -2.57. The number of ether oxygens (including phenoxy) is 3. The summed E-state index contributed by atoms with van der Waals surface area (Å²) in [6, 6.07) is 10.2. The second-order valence-corrected chi connectivity index (χ2v) is 16.4. The number of pyridine rings is 2. The van der Waals surface area contributed by atoms with Crippen LogP contribution in [0.1, 0.15) is 48.9 Å². The van der Waals surface area contributed by atoms with Gasteiger partial charge in [-0.15, -0.1) is 0 Å². The van der Waals surface area contributed by atoms with Crippen molar-refractivity contribution < 1.29 is 32.3 Å². The van der Waals surface area contributed by atoms with Gasteiger partial charge in [0.1, 0.15) is 22.0 Å². The number of morpholine rings is 1. The smallest absolute Gasteiger partial charge is 0.312 e. The van der Waals surface area contributed by atoms with E-state index >= 15 is 0 Å². The highest BCUT2D eigenvalue weighted by Gasteiger charge is 2.48. The van der Waals surface area contributed by atoms with Crippen molar-refractivity contribution in [2.24, 2.45) is 11.3 Å². The molecule has 3 aliphatic heterocycles. The summed E-state index contributed by atoms with van der Waals surface area (Å²) in [5, 5.41) is 15.8. The SMILES string of the molecule is O=C(NS(=O)(=O)c1cnc(NCC2CCOCC2)c([N+](=O)[O-])c1)c1ccc(N2CCC3(CC2)CC(N2CCOCC2)C3)cc1Oc1cnc2[nH]ccc2c1. The van der Waals surface area contributed by atoms with E-state index in [1.807, 2.05) is 6.07 Å². The molecule has 1 spiro atoms. The van der Waals surface area contributed by atoms with Crippen molar-refractivity contribution in [3.8, 4) is 11.5 Å². The minimum absolute atomic E-state index is 0.0328. The molecule has 6 heterocycles. The minimum Gasteiger partial charge on any atom is -0.455 e. The number of aromatic nitrogens is 3. The Kier molecular flexibility index (Phi) is 10.1. The van der Waals surface area contributed by atoms with Gasteiger partial charge in [-0.25, -0.2) is 23.1 Å². The summed E-state index contributed by atoms with van der Waals surface area (Å²) in [7, 11) is -4.58. The maximum atomic E-state index is 13.8. The zero-order valence-electron chi connectivity index (χ0n) is 29.9.